The predicted molar refractivity (Wildman–Crippen MR) is 309 cm³/mol. The SMILES string of the molecule is Cc1cc2c3c(c1)N(c1cc4c(cc1C)C(C)(C)CCC4(C)C)c1cc4c(cc1B3c1cc(-c3cccc5oc6ccccc6c35)ccc1N2c1cc2c(cc1C)C(C)(C)CCC2(C)C)C(C)(C)CC4(C)C. The lowest BCUT2D eigenvalue weighted by Gasteiger charge is -2.47. The first-order valence-electron chi connectivity index (χ1n) is 27.2. The molecule has 7 aromatic carbocycles. The van der Waals surface area contributed by atoms with Crippen molar-refractivity contribution in [2.45, 2.75) is 168 Å². The van der Waals surface area contributed by atoms with Crippen molar-refractivity contribution in [1.82, 2.24) is 0 Å². The lowest BCUT2D eigenvalue weighted by atomic mass is 9.33. The highest BCUT2D eigenvalue weighted by Gasteiger charge is 2.49. The van der Waals surface area contributed by atoms with Crippen LogP contribution in [0.25, 0.3) is 33.1 Å². The molecule has 2 aliphatic heterocycles. The Kier molecular flexibility index (Phi) is 9.30. The monoisotopic (exact) mass is 945 g/mol. The number of nitrogens with zero attached hydrogens (tertiary/aromatic N) is 2. The van der Waals surface area contributed by atoms with Crippen molar-refractivity contribution >= 4 is 79.2 Å². The second-order valence-corrected chi connectivity index (χ2v) is 27.2. The number of rotatable bonds is 3. The lowest BCUT2D eigenvalue weighted by Crippen LogP contribution is -2.61. The molecule has 0 amide bonds. The smallest absolute Gasteiger partial charge is 0.252 e. The highest BCUT2D eigenvalue weighted by Crippen LogP contribution is 2.56. The molecule has 3 nitrogen and oxygen atoms in total. The first kappa shape index (κ1) is 45.8. The summed E-state index contributed by atoms with van der Waals surface area (Å²) in [5.74, 6) is 0. The van der Waals surface area contributed by atoms with Gasteiger partial charge in [0.2, 0.25) is 0 Å². The van der Waals surface area contributed by atoms with Crippen LogP contribution in [0, 0.1) is 20.8 Å². The molecular weight excluding hydrogens is 872 g/mol. The third-order valence-electron chi connectivity index (χ3n) is 19.2. The Balaban J connectivity index is 1.16. The summed E-state index contributed by atoms with van der Waals surface area (Å²) in [5.41, 5.74) is 29.5. The summed E-state index contributed by atoms with van der Waals surface area (Å²) in [6, 6.07) is 43.4. The number of hydrogen-bond donors (Lipinski definition) is 0. The number of para-hydroxylation sites is 1. The Labute approximate surface area is 430 Å². The van der Waals surface area contributed by atoms with E-state index in [0.29, 0.717) is 0 Å². The van der Waals surface area contributed by atoms with Gasteiger partial charge in [-0.05, 0) is 211 Å². The Hall–Kier alpha value is -6.00. The summed E-state index contributed by atoms with van der Waals surface area (Å²) in [5, 5.41) is 2.34. The predicted octanol–water partition coefficient (Wildman–Crippen LogP) is 16.9. The van der Waals surface area contributed by atoms with Crippen LogP contribution in [0.1, 0.15) is 165 Å². The first-order valence-corrected chi connectivity index (χ1v) is 27.2. The van der Waals surface area contributed by atoms with E-state index in [9.17, 15) is 0 Å². The maximum absolute atomic E-state index is 6.55. The fourth-order valence-electron chi connectivity index (χ4n) is 15.2. The molecule has 0 bridgehead atoms. The fraction of sp³-hybridized carbons (Fsp3) is 0.382. The molecule has 1 aromatic heterocycles. The standard InChI is InChI=1S/C68H73BN2O/c1-39-29-57-62-58(30-39)71(55-36-49-46(32-41(55)3)64(6,7)26-28-66(49,10)11)56-37-50-47(67(12,13)38-68(50,14)15)34-52(56)69(62)51-33-42(43-20-18-22-60-61(43)44-19-16-17-21-59(44)72-60)23-24-53(51)70(57)54-35-48-45(31-40(54)2)63(4,5)25-27-65(48,8)9/h16-24,29-37H,25-28,38H2,1-15H3. The minimum Gasteiger partial charge on any atom is -0.456 e. The summed E-state index contributed by atoms with van der Waals surface area (Å²) in [6.45, 7) is 36.8. The summed E-state index contributed by atoms with van der Waals surface area (Å²) >= 11 is 0. The Bertz CT molecular complexity index is 3680. The molecule has 364 valence electrons. The lowest BCUT2D eigenvalue weighted by molar-refractivity contribution is 0.332. The molecule has 0 N–H and O–H groups in total. The largest absolute Gasteiger partial charge is 0.456 e. The van der Waals surface area contributed by atoms with Crippen LogP contribution in [0.2, 0.25) is 0 Å². The zero-order chi connectivity index (χ0) is 50.6. The van der Waals surface area contributed by atoms with Crippen molar-refractivity contribution in [3.8, 4) is 11.1 Å². The van der Waals surface area contributed by atoms with Crippen LogP contribution in [-0.4, -0.2) is 6.71 Å². The fourth-order valence-corrected chi connectivity index (χ4v) is 15.2. The molecule has 8 aromatic rings. The van der Waals surface area contributed by atoms with Gasteiger partial charge in [-0.3, -0.25) is 0 Å². The number of aryl methyl sites for hydroxylation is 3. The van der Waals surface area contributed by atoms with Gasteiger partial charge in [0.15, 0.2) is 0 Å². The molecule has 0 radical (unpaired) electrons. The molecule has 72 heavy (non-hydrogen) atoms. The van der Waals surface area contributed by atoms with E-state index in [0.717, 1.165) is 23.0 Å². The van der Waals surface area contributed by atoms with Crippen LogP contribution in [0.4, 0.5) is 34.1 Å². The van der Waals surface area contributed by atoms with Gasteiger partial charge in [-0.15, -0.1) is 0 Å². The van der Waals surface area contributed by atoms with Gasteiger partial charge in [0.25, 0.3) is 6.71 Å². The second kappa shape index (κ2) is 14.6. The van der Waals surface area contributed by atoms with Gasteiger partial charge in [-0.25, -0.2) is 0 Å². The Morgan fingerprint density at radius 2 is 0.889 bits per heavy atom. The van der Waals surface area contributed by atoms with E-state index in [2.05, 4.69) is 223 Å². The molecular formula is C68H73BN2O. The second-order valence-electron chi connectivity index (χ2n) is 27.2. The number of benzene rings is 7. The zero-order valence-corrected chi connectivity index (χ0v) is 45.8. The molecule has 0 fully saturated rings. The summed E-state index contributed by atoms with van der Waals surface area (Å²) in [7, 11) is 0. The van der Waals surface area contributed by atoms with Crippen molar-refractivity contribution in [2.24, 2.45) is 0 Å². The summed E-state index contributed by atoms with van der Waals surface area (Å²) < 4.78 is 6.55. The minimum absolute atomic E-state index is 0.0141. The van der Waals surface area contributed by atoms with Crippen LogP contribution in [0.3, 0.4) is 0 Å². The molecule has 3 heterocycles. The van der Waals surface area contributed by atoms with Crippen molar-refractivity contribution in [1.29, 1.82) is 0 Å². The molecule has 0 spiro atoms. The third kappa shape index (κ3) is 6.35. The van der Waals surface area contributed by atoms with Gasteiger partial charge in [-0.2, -0.15) is 0 Å². The summed E-state index contributed by atoms with van der Waals surface area (Å²) in [4.78, 5) is 5.43. The maximum atomic E-state index is 6.55. The zero-order valence-electron chi connectivity index (χ0n) is 45.8. The van der Waals surface area contributed by atoms with Crippen LogP contribution in [-0.2, 0) is 32.5 Å². The van der Waals surface area contributed by atoms with Crippen molar-refractivity contribution in [2.75, 3.05) is 9.80 Å². The van der Waals surface area contributed by atoms with Crippen LogP contribution in [0.15, 0.2) is 114 Å². The average Bonchev–Trinajstić information content (AvgIpc) is 3.78. The van der Waals surface area contributed by atoms with Crippen molar-refractivity contribution in [3.05, 3.63) is 159 Å². The van der Waals surface area contributed by atoms with E-state index < -0.39 is 0 Å². The average molecular weight is 945 g/mol. The van der Waals surface area contributed by atoms with E-state index >= 15 is 0 Å². The number of fused-ring (bicyclic) bond motifs is 10. The minimum atomic E-state index is -0.0141. The van der Waals surface area contributed by atoms with E-state index in [4.69, 9.17) is 4.42 Å². The molecule has 0 atom stereocenters. The quantitative estimate of drug-likeness (QED) is 0.165. The van der Waals surface area contributed by atoms with Gasteiger partial charge in [0.05, 0.1) is 0 Å². The third-order valence-corrected chi connectivity index (χ3v) is 19.2. The maximum Gasteiger partial charge on any atom is 0.252 e. The van der Waals surface area contributed by atoms with Gasteiger partial charge < -0.3 is 14.2 Å². The molecule has 0 saturated carbocycles. The van der Waals surface area contributed by atoms with Crippen LogP contribution < -0.4 is 26.2 Å². The number of hydrogen-bond acceptors (Lipinski definition) is 3. The van der Waals surface area contributed by atoms with Gasteiger partial charge in [-0.1, -0.05) is 144 Å². The topological polar surface area (TPSA) is 19.6 Å². The van der Waals surface area contributed by atoms with Gasteiger partial charge in [0, 0.05) is 44.9 Å². The molecule has 0 saturated heterocycles. The van der Waals surface area contributed by atoms with E-state index in [1.807, 2.05) is 0 Å². The van der Waals surface area contributed by atoms with E-state index in [1.54, 1.807) is 0 Å². The molecule has 13 rings (SSSR count). The Morgan fingerprint density at radius 3 is 1.47 bits per heavy atom. The normalized spacial score (nSPS) is 19.9. The molecule has 5 aliphatic rings. The first-order chi connectivity index (χ1) is 33.9. The molecule has 3 aliphatic carbocycles. The Morgan fingerprint density at radius 1 is 0.417 bits per heavy atom. The van der Waals surface area contributed by atoms with Gasteiger partial charge >= 0.3 is 0 Å². The molecule has 0 unspecified atom stereocenters. The van der Waals surface area contributed by atoms with Gasteiger partial charge in [0.1, 0.15) is 11.2 Å². The van der Waals surface area contributed by atoms with Crippen LogP contribution >= 0.6 is 0 Å². The van der Waals surface area contributed by atoms with Crippen molar-refractivity contribution in [3.63, 3.8) is 0 Å². The van der Waals surface area contributed by atoms with E-state index in [1.165, 1.54) is 143 Å². The van der Waals surface area contributed by atoms with E-state index in [-0.39, 0.29) is 39.2 Å². The number of furan rings is 1. The highest BCUT2D eigenvalue weighted by molar-refractivity contribution is 7.00. The molecule has 4 heteroatoms. The highest BCUT2D eigenvalue weighted by atomic mass is 16.3. The summed E-state index contributed by atoms with van der Waals surface area (Å²) in [6.07, 6.45) is 5.85. The number of anilines is 6. The van der Waals surface area contributed by atoms with Crippen LogP contribution in [0.5, 0.6) is 0 Å². The van der Waals surface area contributed by atoms with Crippen molar-refractivity contribution < 1.29 is 4.42 Å².